The topological polar surface area (TPSA) is 9.23 Å². The van der Waals surface area contributed by atoms with Crippen LogP contribution in [0.4, 0.5) is 0 Å². The molecule has 148 valence electrons. The smallest absolute Gasteiger partial charge is 0.118 e. The van der Waals surface area contributed by atoms with Crippen LogP contribution < -0.4 is 4.74 Å². The second-order valence-corrected chi connectivity index (χ2v) is 8.66. The molecule has 0 aliphatic carbocycles. The fourth-order valence-corrected chi connectivity index (χ4v) is 6.17. The van der Waals surface area contributed by atoms with Gasteiger partial charge in [0.05, 0.1) is 13.2 Å². The van der Waals surface area contributed by atoms with Crippen LogP contribution in [0.2, 0.25) is 0 Å². The maximum atomic E-state index is 5.40. The Hall–Kier alpha value is -2.58. The Balaban J connectivity index is 1.61. The molecule has 0 bridgehead atoms. The third-order valence-electron chi connectivity index (χ3n) is 7.37. The Morgan fingerprint density at radius 1 is 0.690 bits per heavy atom. The van der Waals surface area contributed by atoms with E-state index in [1.54, 1.807) is 7.11 Å². The molecule has 3 aromatic rings. The fourth-order valence-electron chi connectivity index (χ4n) is 6.17. The first-order chi connectivity index (χ1) is 14.3. The predicted molar refractivity (Wildman–Crippen MR) is 118 cm³/mol. The third kappa shape index (κ3) is 3.16. The SMILES string of the molecule is COc1ccc(C[N+]23C(CC[C@H]2c2ccccc2)CC[C@H]3c2ccccc2)cc1. The Bertz CT molecular complexity index is 884. The van der Waals surface area contributed by atoms with Crippen molar-refractivity contribution in [1.29, 1.82) is 0 Å². The number of rotatable bonds is 5. The van der Waals surface area contributed by atoms with E-state index in [2.05, 4.69) is 84.9 Å². The lowest BCUT2D eigenvalue weighted by Crippen LogP contribution is -2.50. The standard InChI is InChI=1S/C27H30NO/c1-29-25-16-12-21(13-17-25)20-28-24(14-18-26(28)22-8-4-2-5-9-22)15-19-27(28)23-10-6-3-7-11-23/h2-13,16-17,24,26-27H,14-15,18-20H2,1H3/q+1/t24?,26-,27-,28?/m0/s1. The number of nitrogens with zero attached hydrogens (tertiary/aromatic N) is 1. The maximum Gasteiger partial charge on any atom is 0.118 e. The number of fused-ring (bicyclic) bond motifs is 1. The van der Waals surface area contributed by atoms with Gasteiger partial charge < -0.3 is 9.22 Å². The summed E-state index contributed by atoms with van der Waals surface area (Å²) >= 11 is 0. The van der Waals surface area contributed by atoms with Crippen molar-refractivity contribution in [1.82, 2.24) is 0 Å². The van der Waals surface area contributed by atoms with Crippen LogP contribution in [0.5, 0.6) is 5.75 Å². The van der Waals surface area contributed by atoms with Crippen LogP contribution in [0.25, 0.3) is 0 Å². The Kier molecular flexibility index (Phi) is 4.89. The quantitative estimate of drug-likeness (QED) is 0.459. The van der Waals surface area contributed by atoms with Crippen molar-refractivity contribution in [2.24, 2.45) is 0 Å². The van der Waals surface area contributed by atoms with Crippen LogP contribution in [-0.4, -0.2) is 17.6 Å². The molecule has 2 heteroatoms. The van der Waals surface area contributed by atoms with Gasteiger partial charge in [-0.15, -0.1) is 0 Å². The Morgan fingerprint density at radius 2 is 1.21 bits per heavy atom. The van der Waals surface area contributed by atoms with Gasteiger partial charge in [0.1, 0.15) is 24.4 Å². The molecule has 2 heterocycles. The van der Waals surface area contributed by atoms with Crippen LogP contribution in [0.1, 0.15) is 54.5 Å². The summed E-state index contributed by atoms with van der Waals surface area (Å²) in [5.74, 6) is 0.937. The average Bonchev–Trinajstić information content (AvgIpc) is 3.31. The molecule has 0 spiro atoms. The summed E-state index contributed by atoms with van der Waals surface area (Å²) in [5, 5.41) is 0. The minimum Gasteiger partial charge on any atom is -0.497 e. The normalized spacial score (nSPS) is 28.2. The molecule has 2 aliphatic rings. The zero-order valence-electron chi connectivity index (χ0n) is 17.2. The van der Waals surface area contributed by atoms with E-state index < -0.39 is 0 Å². The molecule has 2 saturated heterocycles. The molecule has 2 aliphatic heterocycles. The highest BCUT2D eigenvalue weighted by Crippen LogP contribution is 2.58. The van der Waals surface area contributed by atoms with Crippen molar-refractivity contribution in [3.63, 3.8) is 0 Å². The van der Waals surface area contributed by atoms with Crippen LogP contribution in [0.3, 0.4) is 0 Å². The highest BCUT2D eigenvalue weighted by atomic mass is 16.5. The Labute approximate surface area is 174 Å². The zero-order chi connectivity index (χ0) is 19.7. The molecule has 0 saturated carbocycles. The van der Waals surface area contributed by atoms with E-state index in [0.29, 0.717) is 12.1 Å². The first-order valence-electron chi connectivity index (χ1n) is 10.9. The van der Waals surface area contributed by atoms with Gasteiger partial charge in [-0.25, -0.2) is 0 Å². The molecule has 5 rings (SSSR count). The summed E-state index contributed by atoms with van der Waals surface area (Å²) in [6, 6.07) is 33.2. The Morgan fingerprint density at radius 3 is 1.69 bits per heavy atom. The fraction of sp³-hybridized carbons (Fsp3) is 0.333. The van der Waals surface area contributed by atoms with Crippen LogP contribution in [0.15, 0.2) is 84.9 Å². The van der Waals surface area contributed by atoms with Gasteiger partial charge in [-0.05, 0) is 24.3 Å². The van der Waals surface area contributed by atoms with Crippen molar-refractivity contribution in [3.8, 4) is 5.75 Å². The summed E-state index contributed by atoms with van der Waals surface area (Å²) in [6.07, 6.45) is 5.24. The van der Waals surface area contributed by atoms with E-state index in [-0.39, 0.29) is 0 Å². The van der Waals surface area contributed by atoms with Crippen molar-refractivity contribution in [2.75, 3.05) is 7.11 Å². The lowest BCUT2D eigenvalue weighted by Gasteiger charge is -2.46. The molecule has 0 N–H and O–H groups in total. The highest BCUT2D eigenvalue weighted by Gasteiger charge is 2.58. The molecule has 2 nitrogen and oxygen atoms in total. The second-order valence-electron chi connectivity index (χ2n) is 8.66. The molecule has 0 radical (unpaired) electrons. The number of quaternary nitrogens is 1. The number of hydrogen-bond acceptors (Lipinski definition) is 1. The summed E-state index contributed by atoms with van der Waals surface area (Å²) < 4.78 is 6.58. The lowest BCUT2D eigenvalue weighted by atomic mass is 9.95. The first kappa shape index (κ1) is 18.4. The molecular formula is C27H30NO+. The minimum atomic E-state index is 0.566. The van der Waals surface area contributed by atoms with Crippen molar-refractivity contribution in [2.45, 2.75) is 50.4 Å². The molecule has 0 unspecified atom stereocenters. The number of hydrogen-bond donors (Lipinski definition) is 0. The number of methoxy groups -OCH3 is 1. The van der Waals surface area contributed by atoms with Gasteiger partial charge in [-0.2, -0.15) is 0 Å². The summed E-state index contributed by atoms with van der Waals surface area (Å²) in [4.78, 5) is 0. The lowest BCUT2D eigenvalue weighted by molar-refractivity contribution is -0.994. The van der Waals surface area contributed by atoms with Gasteiger partial charge in [0, 0.05) is 42.4 Å². The molecule has 2 atom stereocenters. The summed E-state index contributed by atoms with van der Waals surface area (Å²) in [6.45, 7) is 1.09. The molecule has 29 heavy (non-hydrogen) atoms. The van der Waals surface area contributed by atoms with Gasteiger partial charge in [0.2, 0.25) is 0 Å². The molecular weight excluding hydrogens is 354 g/mol. The van der Waals surface area contributed by atoms with Crippen molar-refractivity contribution < 1.29 is 9.22 Å². The second kappa shape index (κ2) is 7.68. The molecule has 0 amide bonds. The minimum absolute atomic E-state index is 0.566. The van der Waals surface area contributed by atoms with Gasteiger partial charge in [-0.3, -0.25) is 0 Å². The van der Waals surface area contributed by atoms with Crippen molar-refractivity contribution in [3.05, 3.63) is 102 Å². The number of benzene rings is 3. The van der Waals surface area contributed by atoms with E-state index in [9.17, 15) is 0 Å². The number of ether oxygens (including phenoxy) is 1. The van der Waals surface area contributed by atoms with Gasteiger partial charge in [-0.1, -0.05) is 60.7 Å². The maximum absolute atomic E-state index is 5.40. The largest absolute Gasteiger partial charge is 0.497 e. The van der Waals surface area contributed by atoms with E-state index in [0.717, 1.165) is 18.3 Å². The highest BCUT2D eigenvalue weighted by molar-refractivity contribution is 5.28. The van der Waals surface area contributed by atoms with E-state index in [4.69, 9.17) is 4.74 Å². The third-order valence-corrected chi connectivity index (χ3v) is 7.37. The van der Waals surface area contributed by atoms with E-state index in [1.165, 1.54) is 46.9 Å². The van der Waals surface area contributed by atoms with Gasteiger partial charge in [0.15, 0.2) is 0 Å². The average molecular weight is 385 g/mol. The summed E-state index contributed by atoms with van der Waals surface area (Å²) in [5.41, 5.74) is 4.43. The van der Waals surface area contributed by atoms with Gasteiger partial charge in [0.25, 0.3) is 0 Å². The van der Waals surface area contributed by atoms with Gasteiger partial charge >= 0.3 is 0 Å². The van der Waals surface area contributed by atoms with Crippen LogP contribution >= 0.6 is 0 Å². The van der Waals surface area contributed by atoms with Crippen LogP contribution in [0, 0.1) is 0 Å². The molecule has 0 aromatic heterocycles. The zero-order valence-corrected chi connectivity index (χ0v) is 17.2. The summed E-state index contributed by atoms with van der Waals surface area (Å²) in [7, 11) is 1.74. The van der Waals surface area contributed by atoms with Crippen molar-refractivity contribution >= 4 is 0 Å². The van der Waals surface area contributed by atoms with Crippen LogP contribution in [-0.2, 0) is 6.54 Å². The first-order valence-corrected chi connectivity index (χ1v) is 10.9. The van der Waals surface area contributed by atoms with E-state index >= 15 is 0 Å². The molecule has 3 aromatic carbocycles. The monoisotopic (exact) mass is 384 g/mol. The predicted octanol–water partition coefficient (Wildman–Crippen LogP) is 6.45. The van der Waals surface area contributed by atoms with E-state index in [1.807, 2.05) is 0 Å². The molecule has 2 fully saturated rings.